The van der Waals surface area contributed by atoms with Gasteiger partial charge in [-0.15, -0.1) is 0 Å². The van der Waals surface area contributed by atoms with Crippen LogP contribution in [0, 0.1) is 22.0 Å². The molecule has 6 N–H and O–H groups in total. The Labute approximate surface area is 104 Å². The molecule has 90 valence electrons. The Morgan fingerprint density at radius 1 is 1.35 bits per heavy atom. The van der Waals surface area contributed by atoms with E-state index in [1.54, 1.807) is 0 Å². The predicted molar refractivity (Wildman–Crippen MR) is 65.7 cm³/mol. The van der Waals surface area contributed by atoms with Crippen LogP contribution in [0.1, 0.15) is 0 Å². The van der Waals surface area contributed by atoms with Gasteiger partial charge in [0.2, 0.25) is 0 Å². The molecule has 17 heavy (non-hydrogen) atoms. The van der Waals surface area contributed by atoms with Crippen LogP contribution in [0.4, 0.5) is 10.1 Å². The van der Waals surface area contributed by atoms with Crippen molar-refractivity contribution in [2.24, 2.45) is 5.73 Å². The van der Waals surface area contributed by atoms with Crippen molar-refractivity contribution in [3.63, 3.8) is 0 Å². The van der Waals surface area contributed by atoms with Crippen molar-refractivity contribution in [2.75, 3.05) is 5.06 Å². The second-order valence-corrected chi connectivity index (χ2v) is 3.90. The van der Waals surface area contributed by atoms with Crippen LogP contribution in [-0.2, 0) is 0 Å². The molecule has 6 nitrogen and oxygen atoms in total. The second kappa shape index (κ2) is 5.02. The van der Waals surface area contributed by atoms with Crippen LogP contribution in [-0.4, -0.2) is 22.6 Å². The molecule has 0 spiro atoms. The summed E-state index contributed by atoms with van der Waals surface area (Å²) in [5.41, 5.74) is 4.46. The van der Waals surface area contributed by atoms with Gasteiger partial charge in [-0.1, -0.05) is 0 Å². The van der Waals surface area contributed by atoms with Gasteiger partial charge in [0.1, 0.15) is 17.4 Å². The highest BCUT2D eigenvalue weighted by Gasteiger charge is 2.17. The van der Waals surface area contributed by atoms with Crippen molar-refractivity contribution in [2.45, 2.75) is 0 Å². The van der Waals surface area contributed by atoms with E-state index in [4.69, 9.17) is 22.0 Å². The van der Waals surface area contributed by atoms with Crippen molar-refractivity contribution in [1.29, 1.82) is 16.2 Å². The third-order valence-corrected chi connectivity index (χ3v) is 2.47. The van der Waals surface area contributed by atoms with E-state index in [0.29, 0.717) is 5.06 Å². The summed E-state index contributed by atoms with van der Waals surface area (Å²) >= 11 is 2.93. The molecule has 0 saturated carbocycles. The highest BCUT2D eigenvalue weighted by atomic mass is 79.9. The van der Waals surface area contributed by atoms with E-state index in [-0.39, 0.29) is 10.2 Å². The van der Waals surface area contributed by atoms with E-state index in [2.05, 4.69) is 15.9 Å². The smallest absolute Gasteiger partial charge is 0.179 e. The number of anilines is 1. The lowest BCUT2D eigenvalue weighted by molar-refractivity contribution is 0.313. The van der Waals surface area contributed by atoms with E-state index in [1.165, 1.54) is 12.1 Å². The highest BCUT2D eigenvalue weighted by Crippen LogP contribution is 2.22. The van der Waals surface area contributed by atoms with E-state index in [9.17, 15) is 9.60 Å². The zero-order valence-corrected chi connectivity index (χ0v) is 10.0. The van der Waals surface area contributed by atoms with Gasteiger partial charge in [0.15, 0.2) is 5.84 Å². The normalized spacial score (nSPS) is 9.82. The maximum absolute atomic E-state index is 13.0. The molecule has 0 aliphatic carbocycles. The Morgan fingerprint density at radius 2 is 1.94 bits per heavy atom. The number of hydroxylamine groups is 1. The Balaban J connectivity index is 3.00. The van der Waals surface area contributed by atoms with Crippen molar-refractivity contribution in [3.05, 3.63) is 28.5 Å². The summed E-state index contributed by atoms with van der Waals surface area (Å²) in [6, 6.07) is 3.55. The summed E-state index contributed by atoms with van der Waals surface area (Å²) in [4.78, 5) is 0. The molecule has 0 atom stereocenters. The van der Waals surface area contributed by atoms with E-state index in [1.807, 2.05) is 0 Å². The van der Waals surface area contributed by atoms with E-state index >= 15 is 0 Å². The van der Waals surface area contributed by atoms with Gasteiger partial charge >= 0.3 is 0 Å². The van der Waals surface area contributed by atoms with Crippen LogP contribution in [0.2, 0.25) is 0 Å². The number of hydrogen-bond acceptors (Lipinski definition) is 4. The number of benzene rings is 1. The maximum Gasteiger partial charge on any atom is 0.179 e. The molecule has 0 aromatic heterocycles. The summed E-state index contributed by atoms with van der Waals surface area (Å²) in [5, 5.41) is 31.6. The highest BCUT2D eigenvalue weighted by molar-refractivity contribution is 9.10. The van der Waals surface area contributed by atoms with Gasteiger partial charge in [-0.2, -0.15) is 0 Å². The number of halogens is 2. The molecule has 0 aliphatic rings. The van der Waals surface area contributed by atoms with Crippen LogP contribution in [0.25, 0.3) is 0 Å². The van der Waals surface area contributed by atoms with Gasteiger partial charge in [0.05, 0.1) is 10.2 Å². The zero-order chi connectivity index (χ0) is 13.2. The summed E-state index contributed by atoms with van der Waals surface area (Å²) in [7, 11) is 0. The minimum absolute atomic E-state index is 0.0780. The first-order chi connectivity index (χ1) is 7.84. The number of nitrogens with two attached hydrogens (primary N) is 1. The van der Waals surface area contributed by atoms with E-state index in [0.717, 1.165) is 6.07 Å². The molecule has 0 bridgehead atoms. The van der Waals surface area contributed by atoms with Gasteiger partial charge in [-0.05, 0) is 34.1 Å². The molecule has 0 radical (unpaired) electrons. The SMILES string of the molecule is N=C(N)C(=N)C(=N)N(O)c1ccc(F)c(Br)c1. The zero-order valence-electron chi connectivity index (χ0n) is 8.46. The largest absolute Gasteiger partial charge is 0.382 e. The molecule has 0 saturated heterocycles. The average molecular weight is 302 g/mol. The molecule has 0 heterocycles. The topological polar surface area (TPSA) is 121 Å². The molecular weight excluding hydrogens is 293 g/mol. The number of amidine groups is 2. The van der Waals surface area contributed by atoms with Gasteiger partial charge in [-0.3, -0.25) is 21.4 Å². The molecule has 0 amide bonds. The summed E-state index contributed by atoms with van der Waals surface area (Å²) < 4.78 is 13.1. The monoisotopic (exact) mass is 301 g/mol. The number of rotatable bonds is 3. The van der Waals surface area contributed by atoms with Crippen molar-refractivity contribution in [3.8, 4) is 0 Å². The number of nitrogens with one attached hydrogen (secondary N) is 3. The molecule has 0 unspecified atom stereocenters. The fraction of sp³-hybridized carbons (Fsp3) is 0. The van der Waals surface area contributed by atoms with Crippen LogP contribution >= 0.6 is 15.9 Å². The van der Waals surface area contributed by atoms with Crippen LogP contribution in [0.5, 0.6) is 0 Å². The summed E-state index contributed by atoms with van der Waals surface area (Å²) in [6.45, 7) is 0. The Kier molecular flexibility index (Phi) is 3.92. The fourth-order valence-corrected chi connectivity index (χ4v) is 1.35. The molecule has 0 aliphatic heterocycles. The average Bonchev–Trinajstić information content (AvgIpc) is 2.29. The molecule has 1 aromatic rings. The van der Waals surface area contributed by atoms with Gasteiger partial charge in [0.25, 0.3) is 0 Å². The summed E-state index contributed by atoms with van der Waals surface area (Å²) in [6.07, 6.45) is 0. The summed E-state index contributed by atoms with van der Waals surface area (Å²) in [5.74, 6) is -1.83. The lowest BCUT2D eigenvalue weighted by atomic mass is 10.2. The van der Waals surface area contributed by atoms with Gasteiger partial charge in [0, 0.05) is 0 Å². The lowest BCUT2D eigenvalue weighted by Gasteiger charge is -2.17. The quantitative estimate of drug-likeness (QED) is 0.332. The minimum Gasteiger partial charge on any atom is -0.382 e. The Bertz CT molecular complexity index is 504. The lowest BCUT2D eigenvalue weighted by Crippen LogP contribution is -2.39. The first-order valence-electron chi connectivity index (χ1n) is 4.30. The fourth-order valence-electron chi connectivity index (χ4n) is 0.979. The standard InChI is InChI=1S/C9H9BrFN5O/c10-5-3-4(1-2-6(5)11)16(17)9(15)7(12)8(13)14/h1-3,12,15,17H,(H3,13,14). The first-order valence-corrected chi connectivity index (χ1v) is 5.09. The third kappa shape index (κ3) is 2.86. The van der Waals surface area contributed by atoms with Crippen LogP contribution in [0.3, 0.4) is 0 Å². The second-order valence-electron chi connectivity index (χ2n) is 3.05. The van der Waals surface area contributed by atoms with Gasteiger partial charge < -0.3 is 5.73 Å². The molecule has 8 heteroatoms. The molecule has 1 rings (SSSR count). The maximum atomic E-state index is 13.0. The molecular formula is C9H9BrFN5O. The predicted octanol–water partition coefficient (Wildman–Crippen LogP) is 1.72. The van der Waals surface area contributed by atoms with Gasteiger partial charge in [-0.25, -0.2) is 9.45 Å². The van der Waals surface area contributed by atoms with Crippen LogP contribution in [0.15, 0.2) is 22.7 Å². The first kappa shape index (κ1) is 13.3. The van der Waals surface area contributed by atoms with Crippen molar-refractivity contribution in [1.82, 2.24) is 0 Å². The third-order valence-electron chi connectivity index (χ3n) is 1.87. The Morgan fingerprint density at radius 3 is 2.41 bits per heavy atom. The number of hydrogen-bond donors (Lipinski definition) is 5. The van der Waals surface area contributed by atoms with Crippen molar-refractivity contribution < 1.29 is 9.60 Å². The Hall–Kier alpha value is -1.80. The van der Waals surface area contributed by atoms with Crippen LogP contribution < -0.4 is 10.8 Å². The minimum atomic E-state index is -0.670. The van der Waals surface area contributed by atoms with E-state index < -0.39 is 23.2 Å². The molecule has 1 aromatic carbocycles. The molecule has 0 fully saturated rings. The number of nitrogens with zero attached hydrogens (tertiary/aromatic N) is 1. The van der Waals surface area contributed by atoms with Crippen molar-refractivity contribution >= 4 is 39.0 Å².